The highest BCUT2D eigenvalue weighted by Gasteiger charge is 2.21. The molecule has 0 aliphatic heterocycles. The Kier molecular flexibility index (Phi) is 5.79. The minimum Gasteiger partial charge on any atom is -0.383 e. The first kappa shape index (κ1) is 14.5. The Balaban J connectivity index is 1.77. The molecule has 0 radical (unpaired) electrons. The van der Waals surface area contributed by atoms with Crippen LogP contribution < -0.4 is 5.32 Å². The van der Waals surface area contributed by atoms with E-state index < -0.39 is 0 Å². The lowest BCUT2D eigenvalue weighted by Gasteiger charge is -2.27. The zero-order chi connectivity index (χ0) is 13.5. The zero-order valence-electron chi connectivity index (χ0n) is 12.1. The number of hydrogen-bond donors (Lipinski definition) is 1. The second kappa shape index (κ2) is 7.60. The van der Waals surface area contributed by atoms with Crippen LogP contribution in [0, 0.1) is 5.92 Å². The molecule has 1 aliphatic carbocycles. The van der Waals surface area contributed by atoms with Crippen molar-refractivity contribution in [1.29, 1.82) is 0 Å². The van der Waals surface area contributed by atoms with Gasteiger partial charge in [0.15, 0.2) is 5.82 Å². The molecule has 2 rings (SSSR count). The van der Waals surface area contributed by atoms with Gasteiger partial charge < -0.3 is 10.1 Å². The zero-order valence-corrected chi connectivity index (χ0v) is 12.1. The minimum atomic E-state index is 0.558. The van der Waals surface area contributed by atoms with Crippen LogP contribution in [-0.2, 0) is 11.3 Å². The van der Waals surface area contributed by atoms with Crippen molar-refractivity contribution in [2.75, 3.05) is 20.3 Å². The molecule has 0 amide bonds. The van der Waals surface area contributed by atoms with Gasteiger partial charge in [-0.1, -0.05) is 13.3 Å². The Hall–Kier alpha value is -0.940. The fourth-order valence-electron chi connectivity index (χ4n) is 2.76. The summed E-state index contributed by atoms with van der Waals surface area (Å²) in [7, 11) is 1.71. The Labute approximate surface area is 115 Å². The van der Waals surface area contributed by atoms with E-state index in [2.05, 4.69) is 27.0 Å². The summed E-state index contributed by atoms with van der Waals surface area (Å²) in [6.07, 6.45) is 8.38. The number of ether oxygens (including phenoxy) is 1. The van der Waals surface area contributed by atoms with Crippen LogP contribution in [0.3, 0.4) is 0 Å². The molecule has 1 saturated carbocycles. The van der Waals surface area contributed by atoms with E-state index in [-0.39, 0.29) is 0 Å². The summed E-state index contributed by atoms with van der Waals surface area (Å²) < 4.78 is 7.06. The first-order valence-corrected chi connectivity index (χ1v) is 7.43. The number of nitrogens with zero attached hydrogens (tertiary/aromatic N) is 3. The van der Waals surface area contributed by atoms with E-state index in [0.29, 0.717) is 6.04 Å². The molecule has 1 aliphatic rings. The summed E-state index contributed by atoms with van der Waals surface area (Å²) in [5, 5.41) is 7.86. The van der Waals surface area contributed by atoms with E-state index in [1.807, 2.05) is 6.33 Å². The first-order valence-electron chi connectivity index (χ1n) is 7.43. The lowest BCUT2D eigenvalue weighted by atomic mass is 9.85. The average molecular weight is 266 g/mol. The van der Waals surface area contributed by atoms with E-state index in [9.17, 15) is 0 Å². The van der Waals surface area contributed by atoms with Crippen LogP contribution in [0.15, 0.2) is 6.33 Å². The third kappa shape index (κ3) is 4.28. The molecule has 5 heteroatoms. The molecular weight excluding hydrogens is 240 g/mol. The van der Waals surface area contributed by atoms with E-state index in [4.69, 9.17) is 4.74 Å². The molecule has 1 N–H and O–H groups in total. The Bertz CT molecular complexity index is 358. The fraction of sp³-hybridized carbons (Fsp3) is 0.857. The molecule has 19 heavy (non-hydrogen) atoms. The van der Waals surface area contributed by atoms with E-state index in [1.54, 1.807) is 7.11 Å². The van der Waals surface area contributed by atoms with Crippen molar-refractivity contribution in [3.63, 3.8) is 0 Å². The molecule has 0 unspecified atom stereocenters. The molecular formula is C14H26N4O. The average Bonchev–Trinajstić information content (AvgIpc) is 2.92. The standard InChI is InChI=1S/C14H26N4O/c1-3-12-4-6-13(7-5-12)18-11-16-14(17-18)10-15-8-9-19-2/h11-13,15H,3-10H2,1-2H3. The number of rotatable bonds is 7. The van der Waals surface area contributed by atoms with Gasteiger partial charge in [0, 0.05) is 13.7 Å². The van der Waals surface area contributed by atoms with Gasteiger partial charge in [0.05, 0.1) is 19.2 Å². The van der Waals surface area contributed by atoms with Gasteiger partial charge in [-0.05, 0) is 31.6 Å². The van der Waals surface area contributed by atoms with Crippen LogP contribution in [0.4, 0.5) is 0 Å². The Morgan fingerprint density at radius 2 is 2.16 bits per heavy atom. The molecule has 1 aromatic rings. The van der Waals surface area contributed by atoms with E-state index in [1.165, 1.54) is 32.1 Å². The van der Waals surface area contributed by atoms with Crippen LogP contribution in [0.2, 0.25) is 0 Å². The predicted octanol–water partition coefficient (Wildman–Crippen LogP) is 2.16. The monoisotopic (exact) mass is 266 g/mol. The number of methoxy groups -OCH3 is 1. The van der Waals surface area contributed by atoms with Crippen molar-refractivity contribution in [1.82, 2.24) is 20.1 Å². The molecule has 1 fully saturated rings. The van der Waals surface area contributed by atoms with Crippen molar-refractivity contribution < 1.29 is 4.74 Å². The maximum absolute atomic E-state index is 4.99. The lowest BCUT2D eigenvalue weighted by molar-refractivity contribution is 0.199. The van der Waals surface area contributed by atoms with Gasteiger partial charge in [0.2, 0.25) is 0 Å². The topological polar surface area (TPSA) is 52.0 Å². The van der Waals surface area contributed by atoms with Gasteiger partial charge in [-0.2, -0.15) is 5.10 Å². The lowest BCUT2D eigenvalue weighted by Crippen LogP contribution is -2.20. The van der Waals surface area contributed by atoms with Crippen LogP contribution in [0.25, 0.3) is 0 Å². The minimum absolute atomic E-state index is 0.558. The Morgan fingerprint density at radius 3 is 2.84 bits per heavy atom. The molecule has 0 spiro atoms. The highest BCUT2D eigenvalue weighted by atomic mass is 16.5. The number of hydrogen-bond acceptors (Lipinski definition) is 4. The van der Waals surface area contributed by atoms with Gasteiger partial charge in [0.25, 0.3) is 0 Å². The first-order chi connectivity index (χ1) is 9.33. The van der Waals surface area contributed by atoms with Crippen molar-refractivity contribution in [2.45, 2.75) is 51.6 Å². The molecule has 1 heterocycles. The largest absolute Gasteiger partial charge is 0.383 e. The van der Waals surface area contributed by atoms with Crippen LogP contribution in [0.5, 0.6) is 0 Å². The highest BCUT2D eigenvalue weighted by Crippen LogP contribution is 2.32. The van der Waals surface area contributed by atoms with Gasteiger partial charge in [-0.25, -0.2) is 9.67 Å². The van der Waals surface area contributed by atoms with Crippen LogP contribution in [0.1, 0.15) is 50.9 Å². The molecule has 5 nitrogen and oxygen atoms in total. The quantitative estimate of drug-likeness (QED) is 0.768. The summed E-state index contributed by atoms with van der Waals surface area (Å²) >= 11 is 0. The summed E-state index contributed by atoms with van der Waals surface area (Å²) in [4.78, 5) is 4.38. The summed E-state index contributed by atoms with van der Waals surface area (Å²) in [6, 6.07) is 0.558. The molecule has 0 atom stereocenters. The van der Waals surface area contributed by atoms with Gasteiger partial charge in [0.1, 0.15) is 6.33 Å². The normalized spacial score (nSPS) is 23.7. The van der Waals surface area contributed by atoms with E-state index >= 15 is 0 Å². The van der Waals surface area contributed by atoms with Gasteiger partial charge in [-0.15, -0.1) is 0 Å². The highest BCUT2D eigenvalue weighted by molar-refractivity contribution is 4.84. The maximum atomic E-state index is 4.99. The third-order valence-corrected chi connectivity index (χ3v) is 4.09. The summed E-state index contributed by atoms with van der Waals surface area (Å²) in [5.41, 5.74) is 0. The summed E-state index contributed by atoms with van der Waals surface area (Å²) in [6.45, 7) is 4.58. The Morgan fingerprint density at radius 1 is 1.37 bits per heavy atom. The van der Waals surface area contributed by atoms with Crippen molar-refractivity contribution in [3.8, 4) is 0 Å². The molecule has 0 bridgehead atoms. The smallest absolute Gasteiger partial charge is 0.164 e. The van der Waals surface area contributed by atoms with Gasteiger partial charge >= 0.3 is 0 Å². The maximum Gasteiger partial charge on any atom is 0.164 e. The van der Waals surface area contributed by atoms with Crippen molar-refractivity contribution in [3.05, 3.63) is 12.2 Å². The SMILES string of the molecule is CCC1CCC(n2cnc(CNCCOC)n2)CC1. The predicted molar refractivity (Wildman–Crippen MR) is 74.9 cm³/mol. The fourth-order valence-corrected chi connectivity index (χ4v) is 2.76. The summed E-state index contributed by atoms with van der Waals surface area (Å²) in [5.74, 6) is 1.81. The second-order valence-corrected chi connectivity index (χ2v) is 5.39. The molecule has 1 aromatic heterocycles. The molecule has 108 valence electrons. The van der Waals surface area contributed by atoms with Crippen LogP contribution >= 0.6 is 0 Å². The van der Waals surface area contributed by atoms with E-state index in [0.717, 1.165) is 31.4 Å². The number of nitrogens with one attached hydrogen (secondary N) is 1. The van der Waals surface area contributed by atoms with Crippen molar-refractivity contribution >= 4 is 0 Å². The van der Waals surface area contributed by atoms with Gasteiger partial charge in [-0.3, -0.25) is 0 Å². The third-order valence-electron chi connectivity index (χ3n) is 4.09. The second-order valence-electron chi connectivity index (χ2n) is 5.39. The molecule has 0 aromatic carbocycles. The number of aromatic nitrogens is 3. The van der Waals surface area contributed by atoms with Crippen molar-refractivity contribution in [2.24, 2.45) is 5.92 Å². The van der Waals surface area contributed by atoms with Crippen LogP contribution in [-0.4, -0.2) is 35.0 Å². The molecule has 0 saturated heterocycles.